The van der Waals surface area contributed by atoms with Crippen molar-refractivity contribution in [1.82, 2.24) is 19.9 Å². The summed E-state index contributed by atoms with van der Waals surface area (Å²) < 4.78 is 12.4. The first-order valence-electron chi connectivity index (χ1n) is 10.4. The molecular formula is C23H22N4O4S. The van der Waals surface area contributed by atoms with E-state index in [1.807, 2.05) is 32.0 Å². The van der Waals surface area contributed by atoms with E-state index in [4.69, 9.17) is 14.5 Å². The number of rotatable bonds is 5. The summed E-state index contributed by atoms with van der Waals surface area (Å²) in [5.41, 5.74) is 5.53. The molecule has 1 atom stereocenters. The van der Waals surface area contributed by atoms with E-state index in [1.165, 1.54) is 4.90 Å². The maximum absolute atomic E-state index is 11.4. The number of carboxylic acid groups (broad SMARTS) is 1. The van der Waals surface area contributed by atoms with E-state index < -0.39 is 6.09 Å². The van der Waals surface area contributed by atoms with Gasteiger partial charge < -0.3 is 19.5 Å². The fourth-order valence-electron chi connectivity index (χ4n) is 4.10. The number of carbonyl (C=O) groups is 1. The Labute approximate surface area is 188 Å². The highest BCUT2D eigenvalue weighted by molar-refractivity contribution is 7.22. The Morgan fingerprint density at radius 1 is 1.31 bits per heavy atom. The summed E-state index contributed by atoms with van der Waals surface area (Å²) in [6.45, 7) is 4.62. The predicted octanol–water partition coefficient (Wildman–Crippen LogP) is 4.53. The van der Waals surface area contributed by atoms with Crippen LogP contribution in [0.25, 0.3) is 31.8 Å². The van der Waals surface area contributed by atoms with Gasteiger partial charge in [0.1, 0.15) is 16.9 Å². The Hall–Kier alpha value is -3.46. The van der Waals surface area contributed by atoms with E-state index in [0.717, 1.165) is 48.7 Å². The minimum Gasteiger partial charge on any atom is -0.488 e. The number of methoxy groups -OCH3 is 1. The molecule has 32 heavy (non-hydrogen) atoms. The fraction of sp³-hybridized carbons (Fsp3) is 0.304. The van der Waals surface area contributed by atoms with Crippen LogP contribution in [0.4, 0.5) is 4.79 Å². The van der Waals surface area contributed by atoms with Gasteiger partial charge in [-0.1, -0.05) is 0 Å². The van der Waals surface area contributed by atoms with Gasteiger partial charge in [0.15, 0.2) is 0 Å². The number of aromatic nitrogens is 3. The van der Waals surface area contributed by atoms with Crippen LogP contribution in [0.2, 0.25) is 0 Å². The SMILES string of the molecule is CCN(CC1Cc2c(ccc3nc(-c4cc(C)cc5nc(OC)cnc45)sc23)O1)C(=O)O. The van der Waals surface area contributed by atoms with Gasteiger partial charge in [0.2, 0.25) is 5.88 Å². The quantitative estimate of drug-likeness (QED) is 0.477. The maximum atomic E-state index is 11.4. The molecule has 0 fully saturated rings. The summed E-state index contributed by atoms with van der Waals surface area (Å²) in [5.74, 6) is 1.28. The number of fused-ring (bicyclic) bond motifs is 4. The highest BCUT2D eigenvalue weighted by Gasteiger charge is 2.29. The van der Waals surface area contributed by atoms with Gasteiger partial charge in [-0.3, -0.25) is 0 Å². The molecule has 8 nitrogen and oxygen atoms in total. The molecule has 0 radical (unpaired) electrons. The van der Waals surface area contributed by atoms with E-state index in [-0.39, 0.29) is 6.10 Å². The van der Waals surface area contributed by atoms with Crippen molar-refractivity contribution in [3.05, 3.63) is 41.6 Å². The normalized spacial score (nSPS) is 15.0. The first kappa shape index (κ1) is 20.4. The number of aryl methyl sites for hydroxylation is 1. The van der Waals surface area contributed by atoms with Crippen molar-refractivity contribution in [3.8, 4) is 22.2 Å². The highest BCUT2D eigenvalue weighted by atomic mass is 32.1. The lowest BCUT2D eigenvalue weighted by molar-refractivity contribution is 0.119. The second kappa shape index (κ2) is 7.90. The molecule has 1 N–H and O–H groups in total. The largest absolute Gasteiger partial charge is 0.488 e. The average molecular weight is 451 g/mol. The van der Waals surface area contributed by atoms with Crippen LogP contribution in [0.5, 0.6) is 11.6 Å². The molecule has 1 unspecified atom stereocenters. The van der Waals surface area contributed by atoms with Crippen molar-refractivity contribution in [3.63, 3.8) is 0 Å². The van der Waals surface area contributed by atoms with Crippen molar-refractivity contribution < 1.29 is 19.4 Å². The lowest BCUT2D eigenvalue weighted by Crippen LogP contribution is -2.38. The molecule has 1 aliphatic heterocycles. The summed E-state index contributed by atoms with van der Waals surface area (Å²) in [4.78, 5) is 26.7. The van der Waals surface area contributed by atoms with Crippen LogP contribution in [-0.4, -0.2) is 57.4 Å². The second-order valence-electron chi connectivity index (χ2n) is 7.77. The smallest absolute Gasteiger partial charge is 0.407 e. The molecule has 0 saturated carbocycles. The number of nitrogens with zero attached hydrogens (tertiary/aromatic N) is 4. The van der Waals surface area contributed by atoms with Gasteiger partial charge in [-0.25, -0.2) is 19.7 Å². The zero-order valence-electron chi connectivity index (χ0n) is 18.0. The summed E-state index contributed by atoms with van der Waals surface area (Å²) >= 11 is 1.60. The van der Waals surface area contributed by atoms with Gasteiger partial charge in [0.25, 0.3) is 0 Å². The van der Waals surface area contributed by atoms with Crippen molar-refractivity contribution >= 4 is 38.7 Å². The molecule has 164 valence electrons. The van der Waals surface area contributed by atoms with Gasteiger partial charge in [0, 0.05) is 24.1 Å². The van der Waals surface area contributed by atoms with Gasteiger partial charge in [-0.05, 0) is 43.7 Å². The van der Waals surface area contributed by atoms with Gasteiger partial charge in [0.05, 0.1) is 41.1 Å². The van der Waals surface area contributed by atoms with Gasteiger partial charge in [-0.2, -0.15) is 0 Å². The van der Waals surface area contributed by atoms with Crippen molar-refractivity contribution in [2.45, 2.75) is 26.4 Å². The number of benzene rings is 2. The molecule has 9 heteroatoms. The minimum absolute atomic E-state index is 0.199. The molecular weight excluding hydrogens is 428 g/mol. The number of likely N-dealkylation sites (N-methyl/N-ethyl adjacent to an activating group) is 1. The van der Waals surface area contributed by atoms with E-state index in [2.05, 4.69) is 16.0 Å². The predicted molar refractivity (Wildman–Crippen MR) is 123 cm³/mol. The van der Waals surface area contributed by atoms with E-state index in [9.17, 15) is 9.90 Å². The number of hydrogen-bond donors (Lipinski definition) is 1. The van der Waals surface area contributed by atoms with E-state index in [0.29, 0.717) is 25.4 Å². The van der Waals surface area contributed by atoms with Crippen LogP contribution in [0.15, 0.2) is 30.5 Å². The molecule has 2 aromatic carbocycles. The number of hydrogen-bond acceptors (Lipinski definition) is 7. The van der Waals surface area contributed by atoms with Crippen LogP contribution in [0.3, 0.4) is 0 Å². The number of ether oxygens (including phenoxy) is 2. The van der Waals surface area contributed by atoms with E-state index >= 15 is 0 Å². The molecule has 1 amide bonds. The number of thiazole rings is 1. The zero-order chi connectivity index (χ0) is 22.4. The molecule has 4 aromatic rings. The van der Waals surface area contributed by atoms with Gasteiger partial charge >= 0.3 is 6.09 Å². The Bertz CT molecular complexity index is 1350. The Kier molecular flexibility index (Phi) is 5.05. The monoisotopic (exact) mass is 450 g/mol. The molecule has 0 saturated heterocycles. The van der Waals surface area contributed by atoms with E-state index in [1.54, 1.807) is 24.6 Å². The summed E-state index contributed by atoms with van der Waals surface area (Å²) in [6.07, 6.45) is 1.15. The number of amides is 1. The lowest BCUT2D eigenvalue weighted by atomic mass is 10.1. The second-order valence-corrected chi connectivity index (χ2v) is 8.77. The lowest BCUT2D eigenvalue weighted by Gasteiger charge is -2.20. The molecule has 0 aliphatic carbocycles. The highest BCUT2D eigenvalue weighted by Crippen LogP contribution is 2.41. The van der Waals surface area contributed by atoms with Crippen LogP contribution in [0, 0.1) is 6.92 Å². The Morgan fingerprint density at radius 3 is 2.91 bits per heavy atom. The zero-order valence-corrected chi connectivity index (χ0v) is 18.8. The molecule has 5 rings (SSSR count). The molecule has 1 aliphatic rings. The third kappa shape index (κ3) is 3.48. The molecule has 3 heterocycles. The van der Waals surface area contributed by atoms with Crippen LogP contribution in [0.1, 0.15) is 18.1 Å². The van der Waals surface area contributed by atoms with Crippen molar-refractivity contribution in [2.75, 3.05) is 20.2 Å². The molecule has 2 aromatic heterocycles. The first-order valence-corrected chi connectivity index (χ1v) is 11.2. The minimum atomic E-state index is -0.929. The summed E-state index contributed by atoms with van der Waals surface area (Å²) in [7, 11) is 1.58. The fourth-order valence-corrected chi connectivity index (χ4v) is 5.22. The molecule has 0 spiro atoms. The van der Waals surface area contributed by atoms with Crippen molar-refractivity contribution in [1.29, 1.82) is 0 Å². The Balaban J connectivity index is 1.54. The molecule has 0 bridgehead atoms. The van der Waals surface area contributed by atoms with Crippen LogP contribution < -0.4 is 9.47 Å². The van der Waals surface area contributed by atoms with Crippen molar-refractivity contribution in [2.24, 2.45) is 0 Å². The topological polar surface area (TPSA) is 97.7 Å². The standard InChI is InChI=1S/C23H22N4O4S/c1-4-27(23(28)29)11-13-9-14-18(31-13)6-5-16-21(14)32-22(26-16)15-7-12(2)8-17-20(15)24-10-19(25-17)30-3/h5-8,10,13H,4,9,11H2,1-3H3,(H,28,29). The maximum Gasteiger partial charge on any atom is 0.407 e. The Morgan fingerprint density at radius 2 is 2.16 bits per heavy atom. The van der Waals surface area contributed by atoms with Crippen LogP contribution in [-0.2, 0) is 6.42 Å². The third-order valence-corrected chi connectivity index (χ3v) is 6.79. The third-order valence-electron chi connectivity index (χ3n) is 5.63. The van der Waals surface area contributed by atoms with Gasteiger partial charge in [-0.15, -0.1) is 11.3 Å². The average Bonchev–Trinajstić information content (AvgIpc) is 3.39. The summed E-state index contributed by atoms with van der Waals surface area (Å²) in [5, 5.41) is 10.2. The first-order chi connectivity index (χ1) is 15.5. The van der Waals surface area contributed by atoms with Crippen LogP contribution >= 0.6 is 11.3 Å². The summed E-state index contributed by atoms with van der Waals surface area (Å²) in [6, 6.07) is 7.95.